The summed E-state index contributed by atoms with van der Waals surface area (Å²) in [4.78, 5) is 19.6. The monoisotopic (exact) mass is 308 g/mol. The second kappa shape index (κ2) is 5.61. The molecule has 0 saturated heterocycles. The first kappa shape index (κ1) is 14.1. The summed E-state index contributed by atoms with van der Waals surface area (Å²) < 4.78 is 13.1. The van der Waals surface area contributed by atoms with Crippen molar-refractivity contribution in [3.8, 4) is 0 Å². The third-order valence-electron chi connectivity index (χ3n) is 4.58. The van der Waals surface area contributed by atoms with E-state index in [1.54, 1.807) is 17.0 Å². The quantitative estimate of drug-likeness (QED) is 0.816. The summed E-state index contributed by atoms with van der Waals surface area (Å²) in [7, 11) is 0. The molecule has 1 aliphatic heterocycles. The summed E-state index contributed by atoms with van der Waals surface area (Å²) >= 11 is 0. The minimum atomic E-state index is -0.266. The fourth-order valence-corrected chi connectivity index (χ4v) is 3.41. The van der Waals surface area contributed by atoms with Crippen molar-refractivity contribution in [2.75, 3.05) is 4.90 Å². The highest BCUT2D eigenvalue weighted by molar-refractivity contribution is 6.14. The van der Waals surface area contributed by atoms with Crippen LogP contribution in [-0.4, -0.2) is 11.6 Å². The molecule has 0 aromatic heterocycles. The molecule has 0 N–H and O–H groups in total. The third kappa shape index (κ3) is 2.54. The van der Waals surface area contributed by atoms with Gasteiger partial charge in [0.05, 0.1) is 23.8 Å². The van der Waals surface area contributed by atoms with Crippen molar-refractivity contribution < 1.29 is 9.18 Å². The smallest absolute Gasteiger partial charge is 0.236 e. The SMILES string of the molecule is O=C1[C@@H]2CCCC2=Nc2ccccc2N1Cc1ccc(F)cc1. The van der Waals surface area contributed by atoms with Gasteiger partial charge in [0, 0.05) is 5.71 Å². The van der Waals surface area contributed by atoms with Gasteiger partial charge in [0.1, 0.15) is 5.82 Å². The van der Waals surface area contributed by atoms with Gasteiger partial charge in [-0.15, -0.1) is 0 Å². The summed E-state index contributed by atoms with van der Waals surface area (Å²) in [6, 6.07) is 14.1. The van der Waals surface area contributed by atoms with Crippen LogP contribution in [0.25, 0.3) is 0 Å². The molecule has 1 saturated carbocycles. The maximum absolute atomic E-state index is 13.1. The summed E-state index contributed by atoms with van der Waals surface area (Å²) in [6.07, 6.45) is 2.78. The zero-order chi connectivity index (χ0) is 15.8. The van der Waals surface area contributed by atoms with Gasteiger partial charge in [-0.3, -0.25) is 9.79 Å². The minimum Gasteiger partial charge on any atom is -0.305 e. The number of hydrogen-bond donors (Lipinski definition) is 0. The van der Waals surface area contributed by atoms with Crippen LogP contribution in [0.15, 0.2) is 53.5 Å². The predicted octanol–water partition coefficient (Wildman–Crippen LogP) is 4.25. The van der Waals surface area contributed by atoms with Gasteiger partial charge in [-0.25, -0.2) is 4.39 Å². The van der Waals surface area contributed by atoms with Crippen LogP contribution in [0.2, 0.25) is 0 Å². The van der Waals surface area contributed by atoms with Crippen molar-refractivity contribution in [2.24, 2.45) is 10.9 Å². The molecule has 1 fully saturated rings. The average molecular weight is 308 g/mol. The van der Waals surface area contributed by atoms with E-state index in [1.165, 1.54) is 12.1 Å². The van der Waals surface area contributed by atoms with Gasteiger partial charge in [0.15, 0.2) is 0 Å². The van der Waals surface area contributed by atoms with E-state index >= 15 is 0 Å². The van der Waals surface area contributed by atoms with Crippen LogP contribution >= 0.6 is 0 Å². The van der Waals surface area contributed by atoms with Gasteiger partial charge < -0.3 is 4.90 Å². The first-order valence-corrected chi connectivity index (χ1v) is 7.95. The van der Waals surface area contributed by atoms with Crippen molar-refractivity contribution in [3.05, 3.63) is 59.9 Å². The van der Waals surface area contributed by atoms with Crippen molar-refractivity contribution in [1.82, 2.24) is 0 Å². The Morgan fingerprint density at radius 1 is 1.13 bits per heavy atom. The Morgan fingerprint density at radius 3 is 2.74 bits per heavy atom. The number of halogens is 1. The maximum Gasteiger partial charge on any atom is 0.236 e. The van der Waals surface area contributed by atoms with Crippen molar-refractivity contribution >= 4 is 23.0 Å². The molecular weight excluding hydrogens is 291 g/mol. The number of aliphatic imine (C=N–C) groups is 1. The molecule has 2 aromatic rings. The number of amides is 1. The molecule has 23 heavy (non-hydrogen) atoms. The Bertz CT molecular complexity index is 782. The molecule has 3 nitrogen and oxygen atoms in total. The molecule has 4 heteroatoms. The van der Waals surface area contributed by atoms with Gasteiger partial charge in [-0.1, -0.05) is 24.3 Å². The normalized spacial score (nSPS) is 19.9. The molecular formula is C19H17FN2O. The number of rotatable bonds is 2. The van der Waals surface area contributed by atoms with Crippen LogP contribution in [0.3, 0.4) is 0 Å². The standard InChI is InChI=1S/C19H17FN2O/c20-14-10-8-13(9-11-14)12-22-18-7-2-1-5-17(18)21-16-6-3-4-15(16)19(22)23/h1-2,5,7-11,15H,3-4,6,12H2/t15-/m1/s1. The van der Waals surface area contributed by atoms with E-state index in [2.05, 4.69) is 0 Å². The second-order valence-corrected chi connectivity index (χ2v) is 6.09. The minimum absolute atomic E-state index is 0.107. The molecule has 0 spiro atoms. The number of hydrogen-bond acceptors (Lipinski definition) is 2. The molecule has 1 amide bonds. The van der Waals surface area contributed by atoms with Crippen LogP contribution < -0.4 is 4.90 Å². The molecule has 2 aromatic carbocycles. The molecule has 0 radical (unpaired) electrons. The Hall–Kier alpha value is -2.49. The van der Waals surface area contributed by atoms with Crippen LogP contribution in [0.1, 0.15) is 24.8 Å². The van der Waals surface area contributed by atoms with E-state index in [9.17, 15) is 9.18 Å². The number of nitrogens with zero attached hydrogens (tertiary/aromatic N) is 2. The highest BCUT2D eigenvalue weighted by Gasteiger charge is 2.36. The Morgan fingerprint density at radius 2 is 1.91 bits per heavy atom. The maximum atomic E-state index is 13.1. The van der Waals surface area contributed by atoms with E-state index < -0.39 is 0 Å². The molecule has 2 aliphatic rings. The number of fused-ring (bicyclic) bond motifs is 2. The number of carbonyl (C=O) groups is 1. The van der Waals surface area contributed by atoms with Crippen LogP contribution in [0.5, 0.6) is 0 Å². The zero-order valence-electron chi connectivity index (χ0n) is 12.7. The zero-order valence-corrected chi connectivity index (χ0v) is 12.7. The molecule has 4 rings (SSSR count). The van der Waals surface area contributed by atoms with E-state index in [-0.39, 0.29) is 17.6 Å². The van der Waals surface area contributed by atoms with Gasteiger partial charge in [-0.2, -0.15) is 0 Å². The van der Waals surface area contributed by atoms with E-state index in [0.717, 1.165) is 41.9 Å². The first-order valence-electron chi connectivity index (χ1n) is 7.95. The lowest BCUT2D eigenvalue weighted by Crippen LogP contribution is -2.36. The number of anilines is 1. The lowest BCUT2D eigenvalue weighted by molar-refractivity contribution is -0.120. The van der Waals surface area contributed by atoms with Crippen LogP contribution in [0.4, 0.5) is 15.8 Å². The molecule has 0 unspecified atom stereocenters. The lowest BCUT2D eigenvalue weighted by atomic mass is 10.0. The first-order chi connectivity index (χ1) is 11.2. The van der Waals surface area contributed by atoms with Gasteiger partial charge >= 0.3 is 0 Å². The highest BCUT2D eigenvalue weighted by Crippen LogP contribution is 2.38. The van der Waals surface area contributed by atoms with E-state index in [4.69, 9.17) is 4.99 Å². The van der Waals surface area contributed by atoms with E-state index in [1.807, 2.05) is 24.3 Å². The Kier molecular flexibility index (Phi) is 3.45. The van der Waals surface area contributed by atoms with Crippen molar-refractivity contribution in [1.29, 1.82) is 0 Å². The average Bonchev–Trinajstić information content (AvgIpc) is 2.99. The van der Waals surface area contributed by atoms with Crippen LogP contribution in [0, 0.1) is 11.7 Å². The summed E-state index contributed by atoms with van der Waals surface area (Å²) in [6.45, 7) is 0.440. The van der Waals surface area contributed by atoms with Gasteiger partial charge in [0.25, 0.3) is 0 Å². The highest BCUT2D eigenvalue weighted by atomic mass is 19.1. The van der Waals surface area contributed by atoms with E-state index in [0.29, 0.717) is 6.54 Å². The molecule has 1 atom stereocenters. The molecule has 116 valence electrons. The second-order valence-electron chi connectivity index (χ2n) is 6.09. The van der Waals surface area contributed by atoms with Crippen molar-refractivity contribution in [2.45, 2.75) is 25.8 Å². The number of benzene rings is 2. The summed E-state index contributed by atoms with van der Waals surface area (Å²) in [5.41, 5.74) is 3.60. The summed E-state index contributed by atoms with van der Waals surface area (Å²) in [5.74, 6) is -0.267. The largest absolute Gasteiger partial charge is 0.305 e. The molecule has 1 aliphatic carbocycles. The predicted molar refractivity (Wildman–Crippen MR) is 88.5 cm³/mol. The van der Waals surface area contributed by atoms with Gasteiger partial charge in [-0.05, 0) is 49.1 Å². The van der Waals surface area contributed by atoms with Gasteiger partial charge in [0.2, 0.25) is 5.91 Å². The summed E-state index contributed by atoms with van der Waals surface area (Å²) in [5, 5.41) is 0. The third-order valence-corrected chi connectivity index (χ3v) is 4.58. The Balaban J connectivity index is 1.76. The number of para-hydroxylation sites is 2. The number of carbonyl (C=O) groups excluding carboxylic acids is 1. The topological polar surface area (TPSA) is 32.7 Å². The Labute approximate surface area is 134 Å². The molecule has 0 bridgehead atoms. The van der Waals surface area contributed by atoms with Crippen LogP contribution in [-0.2, 0) is 11.3 Å². The van der Waals surface area contributed by atoms with Crippen molar-refractivity contribution in [3.63, 3.8) is 0 Å². The fraction of sp³-hybridized carbons (Fsp3) is 0.263. The fourth-order valence-electron chi connectivity index (χ4n) is 3.41. The molecule has 1 heterocycles. The lowest BCUT2D eigenvalue weighted by Gasteiger charge is -2.25.